The van der Waals surface area contributed by atoms with E-state index in [1.54, 1.807) is 0 Å². The summed E-state index contributed by atoms with van der Waals surface area (Å²) in [7, 11) is 0. The zero-order valence-electron chi connectivity index (χ0n) is 8.06. The summed E-state index contributed by atoms with van der Waals surface area (Å²) in [5, 5.41) is 2.49. The van der Waals surface area contributed by atoms with Gasteiger partial charge in [0.05, 0.1) is 5.69 Å². The Bertz CT molecular complexity index is 408. The van der Waals surface area contributed by atoms with Gasteiger partial charge in [-0.05, 0) is 30.0 Å². The largest absolute Gasteiger partial charge is 0.446 e. The molecule has 0 heterocycles. The van der Waals surface area contributed by atoms with Crippen molar-refractivity contribution in [2.45, 2.75) is 17.3 Å². The third-order valence-electron chi connectivity index (χ3n) is 1.48. The number of hydrogen-bond donors (Lipinski definition) is 1. The van der Waals surface area contributed by atoms with Gasteiger partial charge in [0, 0.05) is 16.8 Å². The Balaban J connectivity index is 3.03. The fourth-order valence-corrected chi connectivity index (χ4v) is 1.90. The molecule has 2 nitrogen and oxygen atoms in total. The molecule has 1 aromatic rings. The quantitative estimate of drug-likeness (QED) is 0.825. The summed E-state index contributed by atoms with van der Waals surface area (Å²) in [6.07, 6.45) is 0. The Kier molecular flexibility index (Phi) is 4.09. The third kappa shape index (κ3) is 4.32. The fourth-order valence-electron chi connectivity index (χ4n) is 0.998. The summed E-state index contributed by atoms with van der Waals surface area (Å²) in [5.41, 5.74) is -4.32. The van der Waals surface area contributed by atoms with Crippen LogP contribution in [-0.4, -0.2) is 11.4 Å². The topological polar surface area (TPSA) is 29.1 Å². The first-order chi connectivity index (χ1) is 7.28. The Labute approximate surface area is 99.2 Å². The van der Waals surface area contributed by atoms with Gasteiger partial charge in [0.15, 0.2) is 0 Å². The Morgan fingerprint density at radius 3 is 2.56 bits per heavy atom. The van der Waals surface area contributed by atoms with Crippen molar-refractivity contribution in [3.8, 4) is 0 Å². The molecule has 88 valence electrons. The van der Waals surface area contributed by atoms with E-state index in [0.29, 0.717) is 0 Å². The fraction of sp³-hybridized carbons (Fsp3) is 0.222. The number of nitrogens with one attached hydrogen (secondary N) is 1. The van der Waals surface area contributed by atoms with Crippen LogP contribution in [0.5, 0.6) is 0 Å². The number of anilines is 1. The van der Waals surface area contributed by atoms with Crippen LogP contribution in [0.1, 0.15) is 6.92 Å². The summed E-state index contributed by atoms with van der Waals surface area (Å²) >= 11 is 5.27. The van der Waals surface area contributed by atoms with Crippen molar-refractivity contribution in [1.29, 1.82) is 0 Å². The molecule has 0 saturated heterocycles. The van der Waals surface area contributed by atoms with Crippen LogP contribution in [0.2, 0.25) is 5.02 Å². The van der Waals surface area contributed by atoms with E-state index in [2.05, 4.69) is 5.32 Å². The monoisotopic (exact) mass is 269 g/mol. The highest BCUT2D eigenvalue weighted by Crippen LogP contribution is 2.41. The molecule has 1 N–H and O–H groups in total. The van der Waals surface area contributed by atoms with Crippen molar-refractivity contribution in [2.75, 3.05) is 5.32 Å². The molecule has 0 unspecified atom stereocenters. The highest BCUT2D eigenvalue weighted by Gasteiger charge is 2.30. The van der Waals surface area contributed by atoms with Gasteiger partial charge < -0.3 is 5.32 Å². The van der Waals surface area contributed by atoms with Gasteiger partial charge in [-0.3, -0.25) is 4.79 Å². The molecular weight excluding hydrogens is 263 g/mol. The zero-order valence-corrected chi connectivity index (χ0v) is 9.63. The number of carbonyl (C=O) groups is 1. The maximum absolute atomic E-state index is 12.2. The van der Waals surface area contributed by atoms with Crippen LogP contribution in [0, 0.1) is 0 Å². The van der Waals surface area contributed by atoms with Gasteiger partial charge in [-0.15, -0.1) is 0 Å². The van der Waals surface area contributed by atoms with Crippen LogP contribution < -0.4 is 5.32 Å². The lowest BCUT2D eigenvalue weighted by Gasteiger charge is -2.11. The number of alkyl halides is 3. The van der Waals surface area contributed by atoms with Crippen LogP contribution >= 0.6 is 23.4 Å². The molecule has 0 bridgehead atoms. The van der Waals surface area contributed by atoms with Gasteiger partial charge in [-0.25, -0.2) is 0 Å². The molecule has 16 heavy (non-hydrogen) atoms. The van der Waals surface area contributed by atoms with Gasteiger partial charge in [-0.1, -0.05) is 11.6 Å². The molecular formula is C9H7ClF3NOS. The molecule has 7 heteroatoms. The summed E-state index contributed by atoms with van der Waals surface area (Å²) in [6, 6.07) is 3.90. The van der Waals surface area contributed by atoms with Gasteiger partial charge in [0.1, 0.15) is 0 Å². The third-order valence-corrected chi connectivity index (χ3v) is 2.50. The van der Waals surface area contributed by atoms with E-state index in [1.807, 2.05) is 0 Å². The van der Waals surface area contributed by atoms with Gasteiger partial charge >= 0.3 is 5.51 Å². The first kappa shape index (κ1) is 13.2. The molecule has 1 rings (SSSR count). The molecule has 0 aliphatic heterocycles. The van der Waals surface area contributed by atoms with Crippen molar-refractivity contribution in [2.24, 2.45) is 0 Å². The van der Waals surface area contributed by atoms with Crippen molar-refractivity contribution in [3.63, 3.8) is 0 Å². The lowest BCUT2D eigenvalue weighted by Crippen LogP contribution is -2.08. The van der Waals surface area contributed by atoms with Gasteiger partial charge in [0.2, 0.25) is 5.91 Å². The minimum absolute atomic E-state index is 0.0965. The van der Waals surface area contributed by atoms with E-state index >= 15 is 0 Å². The second kappa shape index (κ2) is 4.97. The lowest BCUT2D eigenvalue weighted by atomic mass is 10.3. The molecule has 1 amide bonds. The van der Waals surface area contributed by atoms with E-state index in [0.717, 1.165) is 6.07 Å². The predicted octanol–water partition coefficient (Wildman–Crippen LogP) is 3.91. The van der Waals surface area contributed by atoms with Crippen LogP contribution in [0.15, 0.2) is 23.1 Å². The lowest BCUT2D eigenvalue weighted by molar-refractivity contribution is -0.114. The van der Waals surface area contributed by atoms with Crippen LogP contribution in [0.3, 0.4) is 0 Å². The smallest absolute Gasteiger partial charge is 0.325 e. The van der Waals surface area contributed by atoms with Crippen LogP contribution in [-0.2, 0) is 4.79 Å². The summed E-state index contributed by atoms with van der Waals surface area (Å²) in [5.74, 6) is -0.439. The molecule has 0 aromatic heterocycles. The first-order valence-corrected chi connectivity index (χ1v) is 5.30. The summed E-state index contributed by atoms with van der Waals surface area (Å²) in [6.45, 7) is 1.22. The average molecular weight is 270 g/mol. The van der Waals surface area contributed by atoms with Crippen molar-refractivity contribution < 1.29 is 18.0 Å². The van der Waals surface area contributed by atoms with Crippen molar-refractivity contribution in [3.05, 3.63) is 23.2 Å². The standard InChI is InChI=1S/C9H7ClF3NOS/c1-5(15)14-7-3-2-6(10)4-8(7)16-9(11,12)13/h2-4H,1H3,(H,14,15). The number of amides is 1. The predicted molar refractivity (Wildman–Crippen MR) is 57.7 cm³/mol. The Morgan fingerprint density at radius 1 is 1.44 bits per heavy atom. The number of rotatable bonds is 2. The number of hydrogen-bond acceptors (Lipinski definition) is 2. The minimum atomic E-state index is -4.42. The number of benzene rings is 1. The van der Waals surface area contributed by atoms with E-state index < -0.39 is 11.4 Å². The number of thioether (sulfide) groups is 1. The maximum atomic E-state index is 12.2. The van der Waals surface area contributed by atoms with E-state index in [9.17, 15) is 18.0 Å². The number of carbonyl (C=O) groups excluding carboxylic acids is 1. The molecule has 0 aliphatic carbocycles. The molecule has 0 radical (unpaired) electrons. The Morgan fingerprint density at radius 2 is 2.06 bits per heavy atom. The minimum Gasteiger partial charge on any atom is -0.325 e. The normalized spacial score (nSPS) is 11.3. The van der Waals surface area contributed by atoms with Crippen molar-refractivity contribution >= 4 is 35.0 Å². The highest BCUT2D eigenvalue weighted by atomic mass is 35.5. The number of halogens is 4. The SMILES string of the molecule is CC(=O)Nc1ccc(Cl)cc1SC(F)(F)F. The molecule has 1 aromatic carbocycles. The summed E-state index contributed by atoms with van der Waals surface area (Å²) in [4.78, 5) is 10.7. The zero-order chi connectivity index (χ0) is 12.3. The van der Waals surface area contributed by atoms with Gasteiger partial charge in [0.25, 0.3) is 0 Å². The molecule has 0 atom stereocenters. The second-order valence-corrected chi connectivity index (χ2v) is 4.41. The summed E-state index contributed by atoms with van der Waals surface area (Å²) < 4.78 is 36.6. The second-order valence-electron chi connectivity index (χ2n) is 2.87. The molecule has 0 fully saturated rings. The average Bonchev–Trinajstić information content (AvgIpc) is 2.06. The first-order valence-electron chi connectivity index (χ1n) is 4.11. The molecule has 0 spiro atoms. The van der Waals surface area contributed by atoms with Crippen LogP contribution in [0.25, 0.3) is 0 Å². The maximum Gasteiger partial charge on any atom is 0.446 e. The van der Waals surface area contributed by atoms with Crippen LogP contribution in [0.4, 0.5) is 18.9 Å². The highest BCUT2D eigenvalue weighted by molar-refractivity contribution is 8.00. The van der Waals surface area contributed by atoms with E-state index in [-0.39, 0.29) is 27.4 Å². The molecule has 0 aliphatic rings. The molecule has 0 saturated carbocycles. The Hall–Kier alpha value is -0.880. The van der Waals surface area contributed by atoms with E-state index in [1.165, 1.54) is 19.1 Å². The van der Waals surface area contributed by atoms with E-state index in [4.69, 9.17) is 11.6 Å². The van der Waals surface area contributed by atoms with Crippen molar-refractivity contribution in [1.82, 2.24) is 0 Å². The van der Waals surface area contributed by atoms with Gasteiger partial charge in [-0.2, -0.15) is 13.2 Å².